The zero-order chi connectivity index (χ0) is 19.1. The van der Waals surface area contributed by atoms with Crippen LogP contribution in [0, 0.1) is 6.92 Å². The lowest BCUT2D eigenvalue weighted by Crippen LogP contribution is -2.00. The van der Waals surface area contributed by atoms with Crippen molar-refractivity contribution < 1.29 is 9.47 Å². The predicted molar refractivity (Wildman–Crippen MR) is 108 cm³/mol. The average Bonchev–Trinajstić information content (AvgIpc) is 3.25. The van der Waals surface area contributed by atoms with E-state index in [0.717, 1.165) is 56.7 Å². The molecule has 0 aliphatic heterocycles. The maximum atomic E-state index is 5.58. The molecule has 1 N–H and O–H groups in total. The molecule has 0 saturated carbocycles. The molecule has 1 aromatic carbocycles. The molecule has 27 heavy (non-hydrogen) atoms. The molecule has 4 aromatic rings. The van der Waals surface area contributed by atoms with Gasteiger partial charge >= 0.3 is 0 Å². The fourth-order valence-electron chi connectivity index (χ4n) is 3.44. The van der Waals surface area contributed by atoms with Crippen LogP contribution in [0.2, 0.25) is 0 Å². The molecule has 0 saturated heterocycles. The summed E-state index contributed by atoms with van der Waals surface area (Å²) in [5.41, 5.74) is 5.68. The Hall–Kier alpha value is -3.28. The second kappa shape index (κ2) is 6.46. The summed E-state index contributed by atoms with van der Waals surface area (Å²) >= 11 is 0. The van der Waals surface area contributed by atoms with Gasteiger partial charge in [-0.3, -0.25) is 9.67 Å². The molecule has 3 heterocycles. The smallest absolute Gasteiger partial charge is 0.143 e. The summed E-state index contributed by atoms with van der Waals surface area (Å²) < 4.78 is 12.8. The first-order valence-electron chi connectivity index (χ1n) is 8.83. The van der Waals surface area contributed by atoms with Gasteiger partial charge in [-0.05, 0) is 38.1 Å². The number of pyridine rings is 1. The van der Waals surface area contributed by atoms with Crippen LogP contribution in [0.15, 0.2) is 37.0 Å². The monoisotopic (exact) mass is 362 g/mol. The van der Waals surface area contributed by atoms with Crippen molar-refractivity contribution in [3.05, 3.63) is 48.3 Å². The number of H-pyrrole nitrogens is 1. The summed E-state index contributed by atoms with van der Waals surface area (Å²) in [5.74, 6) is 1.34. The minimum absolute atomic E-state index is 0.594. The van der Waals surface area contributed by atoms with E-state index in [1.54, 1.807) is 14.2 Å². The number of fused-ring (bicyclic) bond motifs is 3. The number of nitrogens with one attached hydrogen (secondary N) is 1. The van der Waals surface area contributed by atoms with Crippen LogP contribution in [0.4, 0.5) is 0 Å². The number of benzene rings is 1. The van der Waals surface area contributed by atoms with Crippen molar-refractivity contribution in [3.8, 4) is 17.1 Å². The highest BCUT2D eigenvalue weighted by Crippen LogP contribution is 2.35. The topological polar surface area (TPSA) is 65.0 Å². The fourth-order valence-corrected chi connectivity index (χ4v) is 3.44. The molecule has 138 valence electrons. The van der Waals surface area contributed by atoms with E-state index in [1.807, 2.05) is 29.9 Å². The number of hydrogen-bond acceptors (Lipinski definition) is 4. The lowest BCUT2D eigenvalue weighted by molar-refractivity contribution is 0.370. The van der Waals surface area contributed by atoms with Crippen LogP contribution in [0.3, 0.4) is 0 Å². The second-order valence-corrected chi connectivity index (χ2v) is 6.46. The van der Waals surface area contributed by atoms with Crippen molar-refractivity contribution in [1.29, 1.82) is 0 Å². The molecule has 0 radical (unpaired) electrons. The molecular formula is C21H22N4O2. The largest absolute Gasteiger partial charge is 0.497 e. The van der Waals surface area contributed by atoms with Gasteiger partial charge in [-0.1, -0.05) is 6.58 Å². The molecule has 0 bridgehead atoms. The van der Waals surface area contributed by atoms with Crippen LogP contribution in [0.25, 0.3) is 39.0 Å². The zero-order valence-corrected chi connectivity index (χ0v) is 16.0. The predicted octanol–water partition coefficient (Wildman–Crippen LogP) is 4.53. The Morgan fingerprint density at radius 3 is 2.70 bits per heavy atom. The molecule has 0 amide bonds. The van der Waals surface area contributed by atoms with E-state index < -0.39 is 0 Å². The Morgan fingerprint density at radius 1 is 1.19 bits per heavy atom. The van der Waals surface area contributed by atoms with E-state index in [4.69, 9.17) is 14.5 Å². The fraction of sp³-hybridized carbons (Fsp3) is 0.238. The third-order valence-corrected chi connectivity index (χ3v) is 4.81. The normalized spacial score (nSPS) is 11.3. The van der Waals surface area contributed by atoms with Gasteiger partial charge in [0, 0.05) is 29.1 Å². The van der Waals surface area contributed by atoms with Crippen molar-refractivity contribution in [3.63, 3.8) is 0 Å². The van der Waals surface area contributed by atoms with Crippen molar-refractivity contribution in [2.24, 2.45) is 0 Å². The zero-order valence-electron chi connectivity index (χ0n) is 16.0. The SMILES string of the molecule is C=C(OC)c1cc(OC)c2[nH]c3cc(-c4cc(C)nn4CC)ncc3c2c1. The Balaban J connectivity index is 1.95. The maximum Gasteiger partial charge on any atom is 0.143 e. The second-order valence-electron chi connectivity index (χ2n) is 6.46. The maximum absolute atomic E-state index is 5.58. The molecular weight excluding hydrogens is 340 g/mol. The highest BCUT2D eigenvalue weighted by molar-refractivity contribution is 6.10. The van der Waals surface area contributed by atoms with Crippen LogP contribution in [0.5, 0.6) is 5.75 Å². The van der Waals surface area contributed by atoms with Gasteiger partial charge in [-0.25, -0.2) is 0 Å². The Labute approximate surface area is 157 Å². The van der Waals surface area contributed by atoms with E-state index in [1.165, 1.54) is 0 Å². The number of ether oxygens (including phenoxy) is 2. The van der Waals surface area contributed by atoms with Crippen LogP contribution < -0.4 is 4.74 Å². The molecule has 0 fully saturated rings. The van der Waals surface area contributed by atoms with Crippen LogP contribution >= 0.6 is 0 Å². The van der Waals surface area contributed by atoms with Gasteiger partial charge in [0.2, 0.25) is 0 Å². The van der Waals surface area contributed by atoms with E-state index in [0.29, 0.717) is 5.76 Å². The van der Waals surface area contributed by atoms with E-state index in [2.05, 4.69) is 35.7 Å². The Bertz CT molecular complexity index is 1170. The van der Waals surface area contributed by atoms with Crippen LogP contribution in [0.1, 0.15) is 18.2 Å². The summed E-state index contributed by atoms with van der Waals surface area (Å²) in [5, 5.41) is 6.57. The van der Waals surface area contributed by atoms with Crippen molar-refractivity contribution >= 4 is 27.6 Å². The highest BCUT2D eigenvalue weighted by Gasteiger charge is 2.15. The summed E-state index contributed by atoms with van der Waals surface area (Å²) in [6.45, 7) is 8.82. The molecule has 3 aromatic heterocycles. The number of nitrogens with zero attached hydrogens (tertiary/aromatic N) is 3. The van der Waals surface area contributed by atoms with Crippen molar-refractivity contribution in [2.45, 2.75) is 20.4 Å². The number of rotatable bonds is 5. The van der Waals surface area contributed by atoms with E-state index >= 15 is 0 Å². The number of methoxy groups -OCH3 is 2. The molecule has 6 nitrogen and oxygen atoms in total. The van der Waals surface area contributed by atoms with Gasteiger partial charge in [-0.15, -0.1) is 0 Å². The average molecular weight is 362 g/mol. The molecule has 0 spiro atoms. The number of aromatic amines is 1. The first-order chi connectivity index (χ1) is 13.0. The standard InChI is InChI=1S/C21H22N4O2/c1-6-25-19(7-12(2)24-25)18-10-17-16(11-22-18)15-8-14(13(3)26-4)9-20(27-5)21(15)23-17/h7-11,23H,3,6H2,1-2,4-5H3. The summed E-state index contributed by atoms with van der Waals surface area (Å²) in [4.78, 5) is 8.17. The van der Waals surface area contributed by atoms with Gasteiger partial charge < -0.3 is 14.5 Å². The van der Waals surface area contributed by atoms with E-state index in [-0.39, 0.29) is 0 Å². The van der Waals surface area contributed by atoms with Crippen LogP contribution in [-0.2, 0) is 11.3 Å². The van der Waals surface area contributed by atoms with Gasteiger partial charge in [0.05, 0.1) is 42.3 Å². The molecule has 0 atom stereocenters. The third kappa shape index (κ3) is 2.73. The van der Waals surface area contributed by atoms with E-state index in [9.17, 15) is 0 Å². The summed E-state index contributed by atoms with van der Waals surface area (Å²) in [7, 11) is 3.27. The molecule has 4 rings (SSSR count). The van der Waals surface area contributed by atoms with Crippen molar-refractivity contribution in [2.75, 3.05) is 14.2 Å². The van der Waals surface area contributed by atoms with Gasteiger partial charge in [-0.2, -0.15) is 5.10 Å². The lowest BCUT2D eigenvalue weighted by atomic mass is 10.1. The third-order valence-electron chi connectivity index (χ3n) is 4.81. The van der Waals surface area contributed by atoms with Gasteiger partial charge in [0.1, 0.15) is 11.5 Å². The van der Waals surface area contributed by atoms with Crippen molar-refractivity contribution in [1.82, 2.24) is 19.7 Å². The number of hydrogen-bond donors (Lipinski definition) is 1. The van der Waals surface area contributed by atoms with Crippen LogP contribution in [-0.4, -0.2) is 34.0 Å². The first kappa shape index (κ1) is 17.1. The molecule has 0 unspecified atom stereocenters. The van der Waals surface area contributed by atoms with Gasteiger partial charge in [0.15, 0.2) is 0 Å². The Kier molecular flexibility index (Phi) is 4.11. The highest BCUT2D eigenvalue weighted by atomic mass is 16.5. The Morgan fingerprint density at radius 2 is 2.00 bits per heavy atom. The summed E-state index contributed by atoms with van der Waals surface area (Å²) in [6, 6.07) is 8.08. The molecule has 6 heteroatoms. The summed E-state index contributed by atoms with van der Waals surface area (Å²) in [6.07, 6.45) is 1.89. The number of aromatic nitrogens is 4. The van der Waals surface area contributed by atoms with Gasteiger partial charge in [0.25, 0.3) is 0 Å². The number of aryl methyl sites for hydroxylation is 2. The quantitative estimate of drug-likeness (QED) is 0.530. The minimum Gasteiger partial charge on any atom is -0.497 e. The molecule has 0 aliphatic rings. The lowest BCUT2D eigenvalue weighted by Gasteiger charge is -2.08. The first-order valence-corrected chi connectivity index (χ1v) is 8.83. The minimum atomic E-state index is 0.594. The molecule has 0 aliphatic carbocycles.